The molecule has 1 aromatic heterocycles. The number of nitrogens with two attached hydrogens (primary N) is 1. The van der Waals surface area contributed by atoms with Crippen LogP contribution >= 0.6 is 0 Å². The van der Waals surface area contributed by atoms with Gasteiger partial charge in [0.15, 0.2) is 0 Å². The number of hydrogen-bond donors (Lipinski definition) is 1. The monoisotopic (exact) mass is 247 g/mol. The van der Waals surface area contributed by atoms with Gasteiger partial charge in [-0.05, 0) is 43.0 Å². The summed E-state index contributed by atoms with van der Waals surface area (Å²) in [6.07, 6.45) is 5.76. The van der Waals surface area contributed by atoms with Gasteiger partial charge in [-0.1, -0.05) is 26.3 Å². The van der Waals surface area contributed by atoms with Gasteiger partial charge in [0.25, 0.3) is 0 Å². The number of likely N-dealkylation sites (tertiary alicyclic amines) is 1. The van der Waals surface area contributed by atoms with Gasteiger partial charge in [0.1, 0.15) is 0 Å². The number of pyridine rings is 1. The van der Waals surface area contributed by atoms with Crippen molar-refractivity contribution in [3.05, 3.63) is 29.6 Å². The maximum absolute atomic E-state index is 5.76. The third-order valence-electron chi connectivity index (χ3n) is 4.49. The van der Waals surface area contributed by atoms with Gasteiger partial charge in [0.2, 0.25) is 0 Å². The molecule has 0 saturated carbocycles. The van der Waals surface area contributed by atoms with E-state index < -0.39 is 0 Å². The minimum Gasteiger partial charge on any atom is -0.326 e. The second kappa shape index (κ2) is 5.81. The highest BCUT2D eigenvalue weighted by Crippen LogP contribution is 2.34. The van der Waals surface area contributed by atoms with Crippen molar-refractivity contribution in [2.24, 2.45) is 11.1 Å². The fraction of sp³-hybridized carbons (Fsp3) is 0.667. The average Bonchev–Trinajstić information content (AvgIpc) is 2.42. The molecular weight excluding hydrogens is 222 g/mol. The van der Waals surface area contributed by atoms with E-state index in [1.165, 1.54) is 37.9 Å². The third-order valence-corrected chi connectivity index (χ3v) is 4.49. The Morgan fingerprint density at radius 3 is 2.72 bits per heavy atom. The van der Waals surface area contributed by atoms with Crippen LogP contribution in [0, 0.1) is 5.41 Å². The van der Waals surface area contributed by atoms with E-state index in [-0.39, 0.29) is 0 Å². The molecule has 2 rings (SSSR count). The number of aromatic nitrogens is 1. The van der Waals surface area contributed by atoms with E-state index in [0.717, 1.165) is 12.2 Å². The fourth-order valence-electron chi connectivity index (χ4n) is 2.62. The standard InChI is InChI=1S/C15H25N3/c1-3-15(2)6-9-18(10-7-15)12-14-13(11-16)5-4-8-17-14/h4-5,8H,3,6-7,9-12,16H2,1-2H3. The summed E-state index contributed by atoms with van der Waals surface area (Å²) < 4.78 is 0. The quantitative estimate of drug-likeness (QED) is 0.889. The summed E-state index contributed by atoms with van der Waals surface area (Å²) >= 11 is 0. The Labute approximate surface area is 110 Å². The number of nitrogens with zero attached hydrogens (tertiary/aromatic N) is 2. The van der Waals surface area contributed by atoms with Crippen LogP contribution in [0.5, 0.6) is 0 Å². The maximum Gasteiger partial charge on any atom is 0.0588 e. The van der Waals surface area contributed by atoms with Gasteiger partial charge < -0.3 is 5.73 Å². The molecule has 3 heteroatoms. The minimum atomic E-state index is 0.553. The second-order valence-corrected chi connectivity index (χ2v) is 5.75. The molecule has 2 heterocycles. The van der Waals surface area contributed by atoms with Crippen molar-refractivity contribution in [2.45, 2.75) is 46.2 Å². The van der Waals surface area contributed by atoms with Crippen LogP contribution in [0.4, 0.5) is 0 Å². The molecule has 2 N–H and O–H groups in total. The van der Waals surface area contributed by atoms with E-state index in [2.05, 4.69) is 29.8 Å². The first kappa shape index (κ1) is 13.5. The molecule has 0 radical (unpaired) electrons. The Balaban J connectivity index is 1.95. The molecule has 0 aliphatic carbocycles. The third kappa shape index (κ3) is 3.09. The maximum atomic E-state index is 5.76. The Kier molecular flexibility index (Phi) is 4.36. The van der Waals surface area contributed by atoms with Crippen LogP contribution in [0.1, 0.15) is 44.4 Å². The molecule has 0 bridgehead atoms. The predicted molar refractivity (Wildman–Crippen MR) is 75.0 cm³/mol. The van der Waals surface area contributed by atoms with Crippen LogP contribution in [0.2, 0.25) is 0 Å². The molecule has 1 saturated heterocycles. The molecule has 1 aliphatic heterocycles. The minimum absolute atomic E-state index is 0.553. The largest absolute Gasteiger partial charge is 0.326 e. The average molecular weight is 247 g/mol. The lowest BCUT2D eigenvalue weighted by Crippen LogP contribution is -2.38. The van der Waals surface area contributed by atoms with Crippen LogP contribution in [0.25, 0.3) is 0 Å². The highest BCUT2D eigenvalue weighted by atomic mass is 15.1. The van der Waals surface area contributed by atoms with Crippen molar-refractivity contribution < 1.29 is 0 Å². The molecular formula is C15H25N3. The van der Waals surface area contributed by atoms with Gasteiger partial charge >= 0.3 is 0 Å². The summed E-state index contributed by atoms with van der Waals surface area (Å²) in [5.74, 6) is 0. The zero-order chi connectivity index (χ0) is 13.0. The Bertz CT molecular complexity index is 381. The molecule has 3 nitrogen and oxygen atoms in total. The molecule has 0 unspecified atom stereocenters. The lowest BCUT2D eigenvalue weighted by Gasteiger charge is -2.38. The van der Waals surface area contributed by atoms with Crippen LogP contribution in [0.3, 0.4) is 0 Å². The Morgan fingerprint density at radius 2 is 2.11 bits per heavy atom. The summed E-state index contributed by atoms with van der Waals surface area (Å²) in [6, 6.07) is 4.05. The van der Waals surface area contributed by atoms with Gasteiger partial charge in [-0.25, -0.2) is 0 Å². The van der Waals surface area contributed by atoms with Crippen molar-refractivity contribution in [1.82, 2.24) is 9.88 Å². The first-order valence-electron chi connectivity index (χ1n) is 7.02. The van der Waals surface area contributed by atoms with E-state index in [0.29, 0.717) is 12.0 Å². The van der Waals surface area contributed by atoms with Crippen molar-refractivity contribution in [2.75, 3.05) is 13.1 Å². The zero-order valence-electron chi connectivity index (χ0n) is 11.7. The topological polar surface area (TPSA) is 42.2 Å². The van der Waals surface area contributed by atoms with Gasteiger partial charge in [-0.2, -0.15) is 0 Å². The lowest BCUT2D eigenvalue weighted by atomic mass is 9.78. The summed E-state index contributed by atoms with van der Waals surface area (Å²) in [5, 5.41) is 0. The Hall–Kier alpha value is -0.930. The van der Waals surface area contributed by atoms with E-state index >= 15 is 0 Å². The summed E-state index contributed by atoms with van der Waals surface area (Å²) in [6.45, 7) is 8.63. The normalized spacial score (nSPS) is 19.9. The first-order valence-corrected chi connectivity index (χ1v) is 7.02. The smallest absolute Gasteiger partial charge is 0.0588 e. The van der Waals surface area contributed by atoms with Gasteiger partial charge in [0.05, 0.1) is 5.69 Å². The Morgan fingerprint density at radius 1 is 1.39 bits per heavy atom. The van der Waals surface area contributed by atoms with Crippen molar-refractivity contribution in [3.63, 3.8) is 0 Å². The van der Waals surface area contributed by atoms with E-state index in [4.69, 9.17) is 5.73 Å². The molecule has 0 spiro atoms. The molecule has 1 aliphatic rings. The molecule has 100 valence electrons. The molecule has 1 aromatic rings. The van der Waals surface area contributed by atoms with Crippen molar-refractivity contribution in [3.8, 4) is 0 Å². The van der Waals surface area contributed by atoms with Crippen LogP contribution in [0.15, 0.2) is 18.3 Å². The van der Waals surface area contributed by atoms with Gasteiger partial charge in [-0.3, -0.25) is 9.88 Å². The molecule has 0 atom stereocenters. The predicted octanol–water partition coefficient (Wildman–Crippen LogP) is 2.55. The zero-order valence-corrected chi connectivity index (χ0v) is 11.7. The van der Waals surface area contributed by atoms with Gasteiger partial charge in [0, 0.05) is 19.3 Å². The molecule has 18 heavy (non-hydrogen) atoms. The van der Waals surface area contributed by atoms with Crippen LogP contribution in [-0.2, 0) is 13.1 Å². The van der Waals surface area contributed by atoms with Crippen molar-refractivity contribution >= 4 is 0 Å². The number of rotatable bonds is 4. The van der Waals surface area contributed by atoms with E-state index in [9.17, 15) is 0 Å². The lowest BCUT2D eigenvalue weighted by molar-refractivity contribution is 0.108. The van der Waals surface area contributed by atoms with Crippen LogP contribution < -0.4 is 5.73 Å². The second-order valence-electron chi connectivity index (χ2n) is 5.75. The van der Waals surface area contributed by atoms with E-state index in [1.54, 1.807) is 0 Å². The number of piperidine rings is 1. The van der Waals surface area contributed by atoms with Crippen molar-refractivity contribution in [1.29, 1.82) is 0 Å². The molecule has 1 fully saturated rings. The highest BCUT2D eigenvalue weighted by Gasteiger charge is 2.28. The highest BCUT2D eigenvalue weighted by molar-refractivity contribution is 5.19. The van der Waals surface area contributed by atoms with Gasteiger partial charge in [-0.15, -0.1) is 0 Å². The SMILES string of the molecule is CCC1(C)CCN(Cc2ncccc2CN)CC1. The summed E-state index contributed by atoms with van der Waals surface area (Å²) in [5.41, 5.74) is 8.65. The molecule has 0 aromatic carbocycles. The van der Waals surface area contributed by atoms with Crippen LogP contribution in [-0.4, -0.2) is 23.0 Å². The fourth-order valence-corrected chi connectivity index (χ4v) is 2.62. The summed E-state index contributed by atoms with van der Waals surface area (Å²) in [4.78, 5) is 6.99. The summed E-state index contributed by atoms with van der Waals surface area (Å²) in [7, 11) is 0. The molecule has 0 amide bonds. The van der Waals surface area contributed by atoms with E-state index in [1.807, 2.05) is 12.3 Å². The first-order chi connectivity index (χ1) is 8.67. The number of hydrogen-bond acceptors (Lipinski definition) is 3.